The third-order valence-electron chi connectivity index (χ3n) is 6.31. The van der Waals surface area contributed by atoms with Crippen LogP contribution in [0.25, 0.3) is 5.57 Å². The van der Waals surface area contributed by atoms with Gasteiger partial charge in [0.05, 0.1) is 13.2 Å². The van der Waals surface area contributed by atoms with Gasteiger partial charge in [-0.15, -0.1) is 0 Å². The molecule has 2 nitrogen and oxygen atoms in total. The number of benzene rings is 1. The lowest BCUT2D eigenvalue weighted by Gasteiger charge is -2.43. The van der Waals surface area contributed by atoms with Crippen LogP contribution >= 0.6 is 0 Å². The Morgan fingerprint density at radius 2 is 2.05 bits per heavy atom. The Balaban J connectivity index is 1.79. The van der Waals surface area contributed by atoms with Crippen molar-refractivity contribution in [3.05, 3.63) is 34.9 Å². The summed E-state index contributed by atoms with van der Waals surface area (Å²) in [6.07, 6.45) is 6.59. The number of aryl methyl sites for hydroxylation is 1. The van der Waals surface area contributed by atoms with E-state index in [4.69, 9.17) is 4.74 Å². The Morgan fingerprint density at radius 3 is 2.86 bits per heavy atom. The molecule has 1 aromatic rings. The van der Waals surface area contributed by atoms with Crippen LogP contribution < -0.4 is 4.74 Å². The largest absolute Gasteiger partial charge is 0.497 e. The van der Waals surface area contributed by atoms with Crippen molar-refractivity contribution < 1.29 is 9.84 Å². The highest BCUT2D eigenvalue weighted by atomic mass is 16.5. The molecule has 0 unspecified atom stereocenters. The smallest absolute Gasteiger partial charge is 0.119 e. The fraction of sp³-hybridized carbons (Fsp3) is 0.579. The van der Waals surface area contributed by atoms with Gasteiger partial charge >= 0.3 is 0 Å². The van der Waals surface area contributed by atoms with E-state index >= 15 is 0 Å². The molecule has 1 N–H and O–H groups in total. The van der Waals surface area contributed by atoms with E-state index in [0.717, 1.165) is 31.4 Å². The minimum atomic E-state index is -0.103. The first-order valence-corrected chi connectivity index (χ1v) is 8.21. The minimum absolute atomic E-state index is 0.103. The van der Waals surface area contributed by atoms with Crippen LogP contribution in [0.5, 0.6) is 5.75 Å². The second-order valence-electron chi connectivity index (χ2n) is 7.18. The molecule has 112 valence electrons. The van der Waals surface area contributed by atoms with Crippen LogP contribution in [0.1, 0.15) is 50.2 Å². The van der Waals surface area contributed by atoms with Crippen LogP contribution in [0.3, 0.4) is 0 Å². The predicted octanol–water partition coefficient (Wildman–Crippen LogP) is 3.97. The summed E-state index contributed by atoms with van der Waals surface area (Å²) in [5.41, 5.74) is 6.24. The van der Waals surface area contributed by atoms with Crippen LogP contribution in [-0.4, -0.2) is 18.3 Å². The number of fused-ring (bicyclic) bond motifs is 4. The monoisotopic (exact) mass is 284 g/mol. The third kappa shape index (κ3) is 1.81. The van der Waals surface area contributed by atoms with E-state index in [1.807, 2.05) is 0 Å². The highest BCUT2D eigenvalue weighted by Gasteiger charge is 2.50. The van der Waals surface area contributed by atoms with Crippen molar-refractivity contribution in [1.29, 1.82) is 0 Å². The van der Waals surface area contributed by atoms with Crippen molar-refractivity contribution in [3.63, 3.8) is 0 Å². The van der Waals surface area contributed by atoms with Gasteiger partial charge in [-0.25, -0.2) is 0 Å². The zero-order valence-corrected chi connectivity index (χ0v) is 13.0. The Morgan fingerprint density at radius 1 is 1.19 bits per heavy atom. The van der Waals surface area contributed by atoms with Crippen LogP contribution in [0.4, 0.5) is 0 Å². The molecule has 0 bridgehead atoms. The second kappa shape index (κ2) is 4.61. The molecule has 0 amide bonds. The molecule has 21 heavy (non-hydrogen) atoms. The molecule has 1 aromatic carbocycles. The number of rotatable bonds is 1. The second-order valence-corrected chi connectivity index (χ2v) is 7.18. The average Bonchev–Trinajstić information content (AvgIpc) is 2.82. The number of methoxy groups -OCH3 is 1. The van der Waals surface area contributed by atoms with Crippen LogP contribution in [0.15, 0.2) is 23.8 Å². The van der Waals surface area contributed by atoms with Crippen molar-refractivity contribution >= 4 is 5.57 Å². The van der Waals surface area contributed by atoms with Gasteiger partial charge < -0.3 is 9.84 Å². The number of aliphatic hydroxyl groups is 1. The summed E-state index contributed by atoms with van der Waals surface area (Å²) in [5.74, 6) is 1.57. The zero-order valence-electron chi connectivity index (χ0n) is 13.0. The van der Waals surface area contributed by atoms with E-state index in [1.54, 1.807) is 18.3 Å². The molecular weight excluding hydrogens is 260 g/mol. The highest BCUT2D eigenvalue weighted by molar-refractivity contribution is 5.75. The van der Waals surface area contributed by atoms with Gasteiger partial charge in [-0.2, -0.15) is 0 Å². The molecule has 3 aliphatic carbocycles. The molecule has 1 fully saturated rings. The van der Waals surface area contributed by atoms with Crippen molar-refractivity contribution in [3.8, 4) is 5.75 Å². The Bertz CT molecular complexity index is 616. The number of hydrogen-bond acceptors (Lipinski definition) is 2. The van der Waals surface area contributed by atoms with Crippen LogP contribution in [0, 0.1) is 11.3 Å². The van der Waals surface area contributed by atoms with Crippen LogP contribution in [-0.2, 0) is 6.42 Å². The molecule has 4 rings (SSSR count). The number of ether oxygens (including phenoxy) is 1. The van der Waals surface area contributed by atoms with E-state index in [1.165, 1.54) is 24.0 Å². The quantitative estimate of drug-likeness (QED) is 0.845. The fourth-order valence-corrected chi connectivity index (χ4v) is 4.99. The fourth-order valence-electron chi connectivity index (χ4n) is 4.99. The van der Waals surface area contributed by atoms with Gasteiger partial charge in [-0.1, -0.05) is 18.6 Å². The van der Waals surface area contributed by atoms with E-state index in [9.17, 15) is 5.11 Å². The lowest BCUT2D eigenvalue weighted by molar-refractivity contribution is 0.0379. The summed E-state index contributed by atoms with van der Waals surface area (Å²) >= 11 is 0. The topological polar surface area (TPSA) is 29.5 Å². The molecule has 1 saturated carbocycles. The predicted molar refractivity (Wildman–Crippen MR) is 84.3 cm³/mol. The molecule has 3 atom stereocenters. The molecule has 0 spiro atoms. The van der Waals surface area contributed by atoms with Crippen molar-refractivity contribution in [2.24, 2.45) is 11.3 Å². The minimum Gasteiger partial charge on any atom is -0.497 e. The Labute approximate surface area is 126 Å². The van der Waals surface area contributed by atoms with Gasteiger partial charge in [0.15, 0.2) is 0 Å². The summed E-state index contributed by atoms with van der Waals surface area (Å²) in [6, 6.07) is 6.54. The SMILES string of the molecule is COc1ccc2c(c1)CCC1=C2CC[C@]2(C)[C@H](O)CC[C@@H]12. The van der Waals surface area contributed by atoms with E-state index < -0.39 is 0 Å². The molecule has 0 radical (unpaired) electrons. The van der Waals surface area contributed by atoms with Crippen LogP contribution in [0.2, 0.25) is 0 Å². The Kier molecular flexibility index (Phi) is 2.94. The average molecular weight is 284 g/mol. The lowest BCUT2D eigenvalue weighted by atomic mass is 9.62. The third-order valence-corrected chi connectivity index (χ3v) is 6.31. The number of aliphatic hydroxyl groups excluding tert-OH is 1. The van der Waals surface area contributed by atoms with E-state index in [2.05, 4.69) is 25.1 Å². The van der Waals surface area contributed by atoms with Gasteiger partial charge in [0.2, 0.25) is 0 Å². The van der Waals surface area contributed by atoms with E-state index in [0.29, 0.717) is 5.92 Å². The summed E-state index contributed by atoms with van der Waals surface area (Å²) in [6.45, 7) is 2.31. The molecular formula is C19H24O2. The molecule has 0 heterocycles. The number of allylic oxidation sites excluding steroid dienone is 2. The highest BCUT2D eigenvalue weighted by Crippen LogP contribution is 2.58. The lowest BCUT2D eigenvalue weighted by Crippen LogP contribution is -2.37. The summed E-state index contributed by atoms with van der Waals surface area (Å²) in [7, 11) is 1.74. The molecule has 0 aromatic heterocycles. The number of hydrogen-bond donors (Lipinski definition) is 1. The zero-order chi connectivity index (χ0) is 14.6. The first-order valence-electron chi connectivity index (χ1n) is 8.21. The summed E-state index contributed by atoms with van der Waals surface area (Å²) in [4.78, 5) is 0. The Hall–Kier alpha value is -1.28. The normalized spacial score (nSPS) is 34.2. The maximum atomic E-state index is 10.4. The van der Waals surface area contributed by atoms with Crippen molar-refractivity contribution in [2.75, 3.05) is 7.11 Å². The van der Waals surface area contributed by atoms with Gasteiger partial charge in [0.1, 0.15) is 5.75 Å². The molecule has 0 saturated heterocycles. The molecule has 2 heteroatoms. The molecule has 3 aliphatic rings. The van der Waals surface area contributed by atoms with Crippen molar-refractivity contribution in [1.82, 2.24) is 0 Å². The van der Waals surface area contributed by atoms with Gasteiger partial charge in [0.25, 0.3) is 0 Å². The van der Waals surface area contributed by atoms with Crippen molar-refractivity contribution in [2.45, 2.75) is 51.6 Å². The van der Waals surface area contributed by atoms with E-state index in [-0.39, 0.29) is 11.5 Å². The molecule has 0 aliphatic heterocycles. The standard InChI is InChI=1S/C19H24O2/c1-19-10-9-15-14-6-4-13(21-2)11-12(14)3-5-16(15)17(19)7-8-18(19)20/h4,6,11,17-18,20H,3,5,7-10H2,1-2H3/t17-,18+,19-/m0/s1. The van der Waals surface area contributed by atoms with Gasteiger partial charge in [0, 0.05) is 5.41 Å². The first-order chi connectivity index (χ1) is 10.1. The first kappa shape index (κ1) is 13.4. The summed E-state index contributed by atoms with van der Waals surface area (Å²) < 4.78 is 5.37. The maximum Gasteiger partial charge on any atom is 0.119 e. The van der Waals surface area contributed by atoms with Gasteiger partial charge in [-0.05, 0) is 73.3 Å². The maximum absolute atomic E-state index is 10.4. The summed E-state index contributed by atoms with van der Waals surface area (Å²) in [5, 5.41) is 10.4. The van der Waals surface area contributed by atoms with Gasteiger partial charge in [-0.3, -0.25) is 0 Å².